The van der Waals surface area contributed by atoms with Crippen LogP contribution in [0, 0.1) is 10.8 Å². The predicted octanol–water partition coefficient (Wildman–Crippen LogP) is 5.85. The van der Waals surface area contributed by atoms with Gasteiger partial charge in [0.1, 0.15) is 0 Å². The van der Waals surface area contributed by atoms with Crippen LogP contribution in [0.1, 0.15) is 44.7 Å². The van der Waals surface area contributed by atoms with Crippen LogP contribution in [-0.2, 0) is 0 Å². The lowest BCUT2D eigenvalue weighted by molar-refractivity contribution is 0.588. The highest BCUT2D eigenvalue weighted by Crippen LogP contribution is 2.34. The Bertz CT molecular complexity index is 800. The van der Waals surface area contributed by atoms with Crippen molar-refractivity contribution in [2.45, 2.75) is 33.6 Å². The fraction of sp³-hybridized carbons (Fsp3) is 0.286. The molecule has 0 aliphatic heterocycles. The zero-order chi connectivity index (χ0) is 15.9. The first kappa shape index (κ1) is 14.8. The Labute approximate surface area is 132 Å². The van der Waals surface area contributed by atoms with Gasteiger partial charge in [-0.3, -0.25) is 0 Å². The van der Waals surface area contributed by atoms with Crippen LogP contribution in [0.15, 0.2) is 60.2 Å². The molecule has 0 radical (unpaired) electrons. The average Bonchev–Trinajstić information content (AvgIpc) is 2.90. The van der Waals surface area contributed by atoms with Crippen LogP contribution in [0.4, 0.5) is 0 Å². The highest BCUT2D eigenvalue weighted by atomic mass is 14.5. The molecule has 0 spiro atoms. The van der Waals surface area contributed by atoms with Crippen LogP contribution in [0.25, 0.3) is 10.8 Å². The topological polar surface area (TPSA) is 23.9 Å². The summed E-state index contributed by atoms with van der Waals surface area (Å²) in [4.78, 5) is 0. The van der Waals surface area contributed by atoms with Crippen molar-refractivity contribution in [2.24, 2.45) is 5.41 Å². The van der Waals surface area contributed by atoms with E-state index in [2.05, 4.69) is 82.3 Å². The molecule has 0 aromatic heterocycles. The molecule has 1 heteroatoms. The lowest BCUT2D eigenvalue weighted by Gasteiger charge is -2.24. The molecule has 0 fully saturated rings. The molecule has 1 N–H and O–H groups in total. The minimum absolute atomic E-state index is 0.154. The van der Waals surface area contributed by atoms with Crippen molar-refractivity contribution in [3.05, 3.63) is 71.3 Å². The maximum atomic E-state index is 8.67. The molecule has 1 atom stereocenters. The fourth-order valence-corrected chi connectivity index (χ4v) is 3.00. The van der Waals surface area contributed by atoms with E-state index in [0.717, 1.165) is 5.56 Å². The summed E-state index contributed by atoms with van der Waals surface area (Å²) in [6.45, 7) is 8.46. The zero-order valence-corrected chi connectivity index (χ0v) is 13.8. The maximum absolute atomic E-state index is 8.67. The van der Waals surface area contributed by atoms with E-state index in [0.29, 0.717) is 5.71 Å². The Kier molecular flexibility index (Phi) is 3.52. The van der Waals surface area contributed by atoms with Crippen molar-refractivity contribution < 1.29 is 0 Å². The van der Waals surface area contributed by atoms with Gasteiger partial charge in [0, 0.05) is 22.6 Å². The van der Waals surface area contributed by atoms with E-state index >= 15 is 0 Å². The van der Waals surface area contributed by atoms with Crippen molar-refractivity contribution >= 4 is 16.5 Å². The molecule has 0 saturated carbocycles. The first-order valence-corrected chi connectivity index (χ1v) is 7.85. The molecule has 0 saturated heterocycles. The molecule has 0 bridgehead atoms. The minimum Gasteiger partial charge on any atom is -0.304 e. The molecular formula is C21H23N. The Hall–Kier alpha value is -2.15. The van der Waals surface area contributed by atoms with Crippen molar-refractivity contribution in [3.8, 4) is 0 Å². The minimum atomic E-state index is -0.154. The average molecular weight is 289 g/mol. The molecule has 0 amide bonds. The van der Waals surface area contributed by atoms with Crippen LogP contribution in [0.5, 0.6) is 0 Å². The number of hydrogen-bond acceptors (Lipinski definition) is 1. The van der Waals surface area contributed by atoms with Crippen molar-refractivity contribution in [1.82, 2.24) is 0 Å². The van der Waals surface area contributed by atoms with Gasteiger partial charge in [0.05, 0.1) is 0 Å². The van der Waals surface area contributed by atoms with E-state index in [-0.39, 0.29) is 11.3 Å². The molecule has 0 heterocycles. The van der Waals surface area contributed by atoms with Gasteiger partial charge < -0.3 is 5.41 Å². The lowest BCUT2D eigenvalue weighted by atomic mass is 9.80. The van der Waals surface area contributed by atoms with Gasteiger partial charge >= 0.3 is 0 Å². The van der Waals surface area contributed by atoms with Crippen LogP contribution in [0.2, 0.25) is 0 Å². The monoisotopic (exact) mass is 289 g/mol. The number of benzene rings is 2. The van der Waals surface area contributed by atoms with E-state index in [1.807, 2.05) is 0 Å². The van der Waals surface area contributed by atoms with E-state index < -0.39 is 0 Å². The summed E-state index contributed by atoms with van der Waals surface area (Å²) in [5, 5.41) is 11.1. The summed E-state index contributed by atoms with van der Waals surface area (Å²) >= 11 is 0. The van der Waals surface area contributed by atoms with Gasteiger partial charge in [-0.25, -0.2) is 0 Å². The number of allylic oxidation sites excluding steroid dienone is 4. The number of hydrogen-bond donors (Lipinski definition) is 1. The first-order chi connectivity index (χ1) is 10.4. The van der Waals surface area contributed by atoms with Crippen LogP contribution in [0.3, 0.4) is 0 Å². The third kappa shape index (κ3) is 2.64. The third-order valence-corrected chi connectivity index (χ3v) is 4.31. The van der Waals surface area contributed by atoms with Gasteiger partial charge in [-0.1, -0.05) is 68.8 Å². The molecule has 3 rings (SSSR count). The second kappa shape index (κ2) is 5.24. The van der Waals surface area contributed by atoms with E-state index in [4.69, 9.17) is 5.41 Å². The summed E-state index contributed by atoms with van der Waals surface area (Å²) < 4.78 is 0. The summed E-state index contributed by atoms with van der Waals surface area (Å²) in [7, 11) is 0. The SMILES string of the molecule is CC1=CC(c2cc3ccccc3cc2C(=N)C(C)(C)C)C=C1. The molecule has 22 heavy (non-hydrogen) atoms. The number of fused-ring (bicyclic) bond motifs is 1. The third-order valence-electron chi connectivity index (χ3n) is 4.31. The van der Waals surface area contributed by atoms with Crippen molar-refractivity contribution in [1.29, 1.82) is 5.41 Å². The maximum Gasteiger partial charge on any atom is 0.0442 e. The van der Waals surface area contributed by atoms with Gasteiger partial charge in [-0.15, -0.1) is 0 Å². The van der Waals surface area contributed by atoms with Crippen molar-refractivity contribution in [3.63, 3.8) is 0 Å². The van der Waals surface area contributed by atoms with Gasteiger partial charge in [-0.05, 0) is 35.4 Å². The predicted molar refractivity (Wildman–Crippen MR) is 95.9 cm³/mol. The largest absolute Gasteiger partial charge is 0.304 e. The standard InChI is InChI=1S/C21H23N/c1-14-9-10-17(11-14)18-12-15-7-5-6-8-16(15)13-19(18)20(22)21(2,3)4/h5-13,17,22H,1-4H3. The fourth-order valence-electron chi connectivity index (χ4n) is 3.00. The van der Waals surface area contributed by atoms with E-state index in [1.165, 1.54) is 21.9 Å². The summed E-state index contributed by atoms with van der Waals surface area (Å²) in [5.74, 6) is 0.280. The number of nitrogens with one attached hydrogen (secondary N) is 1. The van der Waals surface area contributed by atoms with Crippen LogP contribution < -0.4 is 0 Å². The van der Waals surface area contributed by atoms with Gasteiger partial charge in [-0.2, -0.15) is 0 Å². The second-order valence-electron chi connectivity index (χ2n) is 7.21. The molecule has 2 aromatic carbocycles. The Morgan fingerprint density at radius 3 is 2.23 bits per heavy atom. The number of rotatable bonds is 2. The zero-order valence-electron chi connectivity index (χ0n) is 13.8. The van der Waals surface area contributed by atoms with E-state index in [9.17, 15) is 0 Å². The lowest BCUT2D eigenvalue weighted by Crippen LogP contribution is -2.22. The summed E-state index contributed by atoms with van der Waals surface area (Å²) in [5.41, 5.74) is 4.17. The van der Waals surface area contributed by atoms with Crippen LogP contribution >= 0.6 is 0 Å². The second-order valence-corrected chi connectivity index (χ2v) is 7.21. The smallest absolute Gasteiger partial charge is 0.0442 e. The summed E-state index contributed by atoms with van der Waals surface area (Å²) in [6, 6.07) is 12.9. The van der Waals surface area contributed by atoms with E-state index in [1.54, 1.807) is 0 Å². The van der Waals surface area contributed by atoms with Crippen LogP contribution in [-0.4, -0.2) is 5.71 Å². The molecule has 1 nitrogen and oxygen atoms in total. The molecule has 1 unspecified atom stereocenters. The van der Waals surface area contributed by atoms with Gasteiger partial charge in [0.2, 0.25) is 0 Å². The Balaban J connectivity index is 2.23. The Morgan fingerprint density at radius 2 is 1.68 bits per heavy atom. The first-order valence-electron chi connectivity index (χ1n) is 7.85. The highest BCUT2D eigenvalue weighted by Gasteiger charge is 2.24. The van der Waals surface area contributed by atoms with Crippen molar-refractivity contribution in [2.75, 3.05) is 0 Å². The molecule has 1 aliphatic carbocycles. The summed E-state index contributed by atoms with van der Waals surface area (Å²) in [6.07, 6.45) is 6.69. The highest BCUT2D eigenvalue weighted by molar-refractivity contribution is 6.06. The van der Waals surface area contributed by atoms with Gasteiger partial charge in [0.15, 0.2) is 0 Å². The molecule has 1 aliphatic rings. The van der Waals surface area contributed by atoms with Gasteiger partial charge in [0.25, 0.3) is 0 Å². The quantitative estimate of drug-likeness (QED) is 0.670. The molecule has 112 valence electrons. The normalized spacial score (nSPS) is 17.8. The molecule has 2 aromatic rings. The Morgan fingerprint density at radius 1 is 1.05 bits per heavy atom. The molecular weight excluding hydrogens is 266 g/mol.